The first-order valence-corrected chi connectivity index (χ1v) is 8.81. The molecule has 0 saturated carbocycles. The number of aromatic nitrogens is 2. The van der Waals surface area contributed by atoms with Gasteiger partial charge in [0.15, 0.2) is 5.69 Å². The van der Waals surface area contributed by atoms with Crippen molar-refractivity contribution in [2.24, 2.45) is 5.92 Å². The molecule has 1 atom stereocenters. The van der Waals surface area contributed by atoms with Crippen LogP contribution in [-0.4, -0.2) is 34.1 Å². The Morgan fingerprint density at radius 3 is 2.56 bits per heavy atom. The molecule has 1 aromatic carbocycles. The summed E-state index contributed by atoms with van der Waals surface area (Å²) in [5.41, 5.74) is 0.782. The first-order valence-electron chi connectivity index (χ1n) is 8.81. The lowest BCUT2D eigenvalue weighted by Gasteiger charge is -2.31. The first-order chi connectivity index (χ1) is 12.8. The number of nitrogens with zero attached hydrogens (tertiary/aromatic N) is 3. The fourth-order valence-electron chi connectivity index (χ4n) is 3.14. The third kappa shape index (κ3) is 4.37. The molecule has 2 aromatic rings. The van der Waals surface area contributed by atoms with E-state index in [0.29, 0.717) is 24.9 Å². The summed E-state index contributed by atoms with van der Waals surface area (Å²) in [5, 5.41) is 9.22. The summed E-state index contributed by atoms with van der Waals surface area (Å²) >= 11 is 0. The van der Waals surface area contributed by atoms with E-state index in [0.717, 1.165) is 18.1 Å². The van der Waals surface area contributed by atoms with Crippen molar-refractivity contribution in [2.45, 2.75) is 32.4 Å². The lowest BCUT2D eigenvalue weighted by molar-refractivity contribution is -0.142. The van der Waals surface area contributed by atoms with Gasteiger partial charge >= 0.3 is 12.1 Å². The summed E-state index contributed by atoms with van der Waals surface area (Å²) in [6, 6.07) is 8.11. The third-order valence-corrected chi connectivity index (χ3v) is 4.72. The molecule has 0 radical (unpaired) electrons. The average molecular weight is 379 g/mol. The van der Waals surface area contributed by atoms with E-state index in [9.17, 15) is 23.1 Å². The van der Waals surface area contributed by atoms with Crippen molar-refractivity contribution >= 4 is 11.9 Å². The Bertz CT molecular complexity index is 822. The minimum absolute atomic E-state index is 0.0784. The molecule has 0 aliphatic carbocycles. The maximum Gasteiger partial charge on any atom is 0.433 e. The highest BCUT2D eigenvalue weighted by Crippen LogP contribution is 2.32. The number of hydrogen-bond donors (Lipinski definition) is 1. The number of hydrogen-bond acceptors (Lipinski definition) is 4. The molecule has 0 spiro atoms. The van der Waals surface area contributed by atoms with Crippen LogP contribution in [0.3, 0.4) is 0 Å². The quantitative estimate of drug-likeness (QED) is 0.869. The number of halogens is 3. The number of carboxylic acid groups (broad SMARTS) is 1. The Kier molecular flexibility index (Phi) is 5.34. The molecule has 2 heterocycles. The molecule has 27 heavy (non-hydrogen) atoms. The average Bonchev–Trinajstić information content (AvgIpc) is 2.67. The van der Waals surface area contributed by atoms with Gasteiger partial charge in [-0.05, 0) is 30.9 Å². The molecule has 0 amide bonds. The van der Waals surface area contributed by atoms with Crippen molar-refractivity contribution in [3.63, 3.8) is 0 Å². The van der Waals surface area contributed by atoms with Gasteiger partial charge in [0.25, 0.3) is 0 Å². The van der Waals surface area contributed by atoms with Crippen molar-refractivity contribution in [1.82, 2.24) is 9.97 Å². The maximum atomic E-state index is 13.4. The SMILES string of the molecule is CCc1ccc(-c2cc(C(F)(F)F)nc(N3CCCC(C(=O)O)C3)n2)cc1. The van der Waals surface area contributed by atoms with Crippen molar-refractivity contribution in [3.05, 3.63) is 41.6 Å². The van der Waals surface area contributed by atoms with Gasteiger partial charge in [0.2, 0.25) is 5.95 Å². The number of anilines is 1. The molecule has 5 nitrogen and oxygen atoms in total. The Morgan fingerprint density at radius 1 is 1.26 bits per heavy atom. The van der Waals surface area contributed by atoms with Gasteiger partial charge in [0.05, 0.1) is 11.6 Å². The van der Waals surface area contributed by atoms with Gasteiger partial charge in [-0.15, -0.1) is 0 Å². The van der Waals surface area contributed by atoms with Crippen molar-refractivity contribution in [1.29, 1.82) is 0 Å². The monoisotopic (exact) mass is 379 g/mol. The van der Waals surface area contributed by atoms with Gasteiger partial charge in [-0.3, -0.25) is 4.79 Å². The zero-order valence-corrected chi connectivity index (χ0v) is 14.8. The normalized spacial score (nSPS) is 17.8. The molecule has 144 valence electrons. The largest absolute Gasteiger partial charge is 0.481 e. The minimum Gasteiger partial charge on any atom is -0.481 e. The Labute approximate surface area is 154 Å². The Morgan fingerprint density at radius 2 is 1.96 bits per heavy atom. The zero-order chi connectivity index (χ0) is 19.6. The number of aryl methyl sites for hydroxylation is 1. The maximum absolute atomic E-state index is 13.4. The molecule has 1 unspecified atom stereocenters. The molecule has 1 fully saturated rings. The van der Waals surface area contributed by atoms with Gasteiger partial charge in [-0.2, -0.15) is 13.2 Å². The summed E-state index contributed by atoms with van der Waals surface area (Å²) in [6.45, 7) is 2.53. The highest BCUT2D eigenvalue weighted by atomic mass is 19.4. The molecule has 1 N–H and O–H groups in total. The first kappa shape index (κ1) is 19.1. The smallest absolute Gasteiger partial charge is 0.433 e. The van der Waals surface area contributed by atoms with Crippen LogP contribution in [0.2, 0.25) is 0 Å². The molecule has 1 aliphatic heterocycles. The number of carbonyl (C=O) groups is 1. The van der Waals surface area contributed by atoms with Crippen molar-refractivity contribution < 1.29 is 23.1 Å². The van der Waals surface area contributed by atoms with E-state index in [4.69, 9.17) is 0 Å². The number of piperidine rings is 1. The van der Waals surface area contributed by atoms with Crippen LogP contribution >= 0.6 is 0 Å². The number of benzene rings is 1. The van der Waals surface area contributed by atoms with Gasteiger partial charge in [0.1, 0.15) is 0 Å². The van der Waals surface area contributed by atoms with Crippen LogP contribution in [0.15, 0.2) is 30.3 Å². The van der Waals surface area contributed by atoms with E-state index in [1.54, 1.807) is 12.1 Å². The standard InChI is InChI=1S/C19H20F3N3O2/c1-2-12-5-7-13(8-6-12)15-10-16(19(20,21)22)24-18(23-15)25-9-3-4-14(11-25)17(26)27/h5-8,10,14H,2-4,9,11H2,1H3,(H,26,27). The fourth-order valence-corrected chi connectivity index (χ4v) is 3.14. The molecule has 8 heteroatoms. The van der Waals surface area contributed by atoms with E-state index in [1.807, 2.05) is 19.1 Å². The van der Waals surface area contributed by atoms with Crippen LogP contribution < -0.4 is 4.90 Å². The lowest BCUT2D eigenvalue weighted by Crippen LogP contribution is -2.39. The van der Waals surface area contributed by atoms with E-state index >= 15 is 0 Å². The highest BCUT2D eigenvalue weighted by Gasteiger charge is 2.35. The van der Waals surface area contributed by atoms with Gasteiger partial charge in [-0.1, -0.05) is 31.2 Å². The highest BCUT2D eigenvalue weighted by molar-refractivity contribution is 5.71. The van der Waals surface area contributed by atoms with Crippen molar-refractivity contribution in [3.8, 4) is 11.3 Å². The summed E-state index contributed by atoms with van der Waals surface area (Å²) in [7, 11) is 0. The lowest BCUT2D eigenvalue weighted by atomic mass is 9.98. The third-order valence-electron chi connectivity index (χ3n) is 4.72. The van der Waals surface area contributed by atoms with Crippen LogP contribution in [0, 0.1) is 5.92 Å². The summed E-state index contributed by atoms with van der Waals surface area (Å²) < 4.78 is 40.1. The fraction of sp³-hybridized carbons (Fsp3) is 0.421. The molecular weight excluding hydrogens is 359 g/mol. The van der Waals surface area contributed by atoms with Crippen molar-refractivity contribution in [2.75, 3.05) is 18.0 Å². The summed E-state index contributed by atoms with van der Waals surface area (Å²) in [6.07, 6.45) is -2.72. The second-order valence-corrected chi connectivity index (χ2v) is 6.61. The van der Waals surface area contributed by atoms with Crippen LogP contribution in [0.5, 0.6) is 0 Å². The zero-order valence-electron chi connectivity index (χ0n) is 14.8. The van der Waals surface area contributed by atoms with E-state index < -0.39 is 23.8 Å². The van der Waals surface area contributed by atoms with Crippen LogP contribution in [0.1, 0.15) is 31.0 Å². The number of rotatable bonds is 4. The van der Waals surface area contributed by atoms with Crippen LogP contribution in [-0.2, 0) is 17.4 Å². The summed E-state index contributed by atoms with van der Waals surface area (Å²) in [5.74, 6) is -1.67. The molecule has 1 aromatic heterocycles. The van der Waals surface area contributed by atoms with Crippen LogP contribution in [0.25, 0.3) is 11.3 Å². The van der Waals surface area contributed by atoms with E-state index in [1.165, 1.54) is 4.90 Å². The predicted molar refractivity (Wildman–Crippen MR) is 94.4 cm³/mol. The predicted octanol–water partition coefficient (Wildman–Crippen LogP) is 4.03. The summed E-state index contributed by atoms with van der Waals surface area (Å²) in [4.78, 5) is 20.8. The molecule has 1 aliphatic rings. The van der Waals surface area contributed by atoms with Gasteiger partial charge in [0, 0.05) is 18.7 Å². The van der Waals surface area contributed by atoms with E-state index in [2.05, 4.69) is 9.97 Å². The molecule has 3 rings (SSSR count). The molecule has 1 saturated heterocycles. The van der Waals surface area contributed by atoms with Gasteiger partial charge in [-0.25, -0.2) is 9.97 Å². The number of alkyl halides is 3. The second kappa shape index (κ2) is 7.54. The second-order valence-electron chi connectivity index (χ2n) is 6.61. The number of carboxylic acids is 1. The Hall–Kier alpha value is -2.64. The molecule has 0 bridgehead atoms. The number of aliphatic carboxylic acids is 1. The topological polar surface area (TPSA) is 66.3 Å². The molecular formula is C19H20F3N3O2. The van der Waals surface area contributed by atoms with Crippen LogP contribution in [0.4, 0.5) is 19.1 Å². The van der Waals surface area contributed by atoms with E-state index in [-0.39, 0.29) is 18.2 Å². The minimum atomic E-state index is -4.61. The Balaban J connectivity index is 2.01. The van der Waals surface area contributed by atoms with Gasteiger partial charge < -0.3 is 10.0 Å².